The third-order valence-electron chi connectivity index (χ3n) is 2.38. The molecule has 1 aromatic heterocycles. The Labute approximate surface area is 93.7 Å². The zero-order chi connectivity index (χ0) is 10.7. The van der Waals surface area contributed by atoms with Crippen LogP contribution in [0.5, 0.6) is 0 Å². The first-order valence-corrected chi connectivity index (χ1v) is 5.57. The summed E-state index contributed by atoms with van der Waals surface area (Å²) in [4.78, 5) is 12.2. The molecule has 6 heteroatoms. The second-order valence-electron chi connectivity index (χ2n) is 3.55. The molecule has 1 saturated carbocycles. The summed E-state index contributed by atoms with van der Waals surface area (Å²) >= 11 is 5.79. The molecule has 0 radical (unpaired) electrons. The molecule has 0 aromatic carbocycles. The lowest BCUT2D eigenvalue weighted by molar-refractivity contribution is 0.443. The Morgan fingerprint density at radius 1 is 1.27 bits per heavy atom. The molecule has 82 valence electrons. The van der Waals surface area contributed by atoms with E-state index in [9.17, 15) is 0 Å². The van der Waals surface area contributed by atoms with Gasteiger partial charge in [0, 0.05) is 12.6 Å². The number of rotatable bonds is 4. The van der Waals surface area contributed by atoms with Crippen LogP contribution in [-0.4, -0.2) is 27.5 Å². The van der Waals surface area contributed by atoms with Gasteiger partial charge in [0.15, 0.2) is 0 Å². The van der Waals surface area contributed by atoms with Crippen LogP contribution in [0.25, 0.3) is 0 Å². The van der Waals surface area contributed by atoms with Gasteiger partial charge in [-0.25, -0.2) is 0 Å². The Morgan fingerprint density at radius 3 is 2.60 bits per heavy atom. The molecular weight excluding hydrogens is 214 g/mol. The number of nitrogens with one attached hydrogen (secondary N) is 2. The van der Waals surface area contributed by atoms with E-state index in [-0.39, 0.29) is 5.28 Å². The molecule has 0 bridgehead atoms. The maximum Gasteiger partial charge on any atom is 0.229 e. The van der Waals surface area contributed by atoms with Crippen molar-refractivity contribution in [1.29, 1.82) is 0 Å². The molecule has 5 nitrogen and oxygen atoms in total. The van der Waals surface area contributed by atoms with E-state index >= 15 is 0 Å². The van der Waals surface area contributed by atoms with E-state index in [1.807, 2.05) is 6.92 Å². The first kappa shape index (κ1) is 10.4. The Kier molecular flexibility index (Phi) is 3.20. The minimum atomic E-state index is 0.225. The van der Waals surface area contributed by atoms with Crippen LogP contribution in [0.1, 0.15) is 26.2 Å². The predicted molar refractivity (Wildman–Crippen MR) is 60.3 cm³/mol. The van der Waals surface area contributed by atoms with Gasteiger partial charge in [-0.05, 0) is 37.8 Å². The first-order chi connectivity index (χ1) is 7.28. The number of hydrogen-bond donors (Lipinski definition) is 2. The quantitative estimate of drug-likeness (QED) is 0.823. The monoisotopic (exact) mass is 227 g/mol. The predicted octanol–water partition coefficient (Wildman–Crippen LogP) is 1.92. The van der Waals surface area contributed by atoms with E-state index in [0.29, 0.717) is 17.9 Å². The maximum atomic E-state index is 5.79. The van der Waals surface area contributed by atoms with Crippen molar-refractivity contribution < 1.29 is 0 Å². The molecule has 0 saturated heterocycles. The lowest BCUT2D eigenvalue weighted by Gasteiger charge is -2.26. The van der Waals surface area contributed by atoms with Crippen LogP contribution in [0, 0.1) is 0 Å². The van der Waals surface area contributed by atoms with E-state index in [1.165, 1.54) is 19.3 Å². The highest BCUT2D eigenvalue weighted by Gasteiger charge is 2.18. The van der Waals surface area contributed by atoms with Crippen LogP contribution in [0.2, 0.25) is 5.28 Å². The molecule has 1 heterocycles. The van der Waals surface area contributed by atoms with Crippen molar-refractivity contribution in [2.24, 2.45) is 0 Å². The normalized spacial score (nSPS) is 15.9. The van der Waals surface area contributed by atoms with Gasteiger partial charge in [0.2, 0.25) is 17.2 Å². The Balaban J connectivity index is 2.07. The minimum Gasteiger partial charge on any atom is -0.354 e. The summed E-state index contributed by atoms with van der Waals surface area (Å²) < 4.78 is 0. The molecule has 2 N–H and O–H groups in total. The van der Waals surface area contributed by atoms with Crippen molar-refractivity contribution in [2.75, 3.05) is 17.2 Å². The summed E-state index contributed by atoms with van der Waals surface area (Å²) in [5.41, 5.74) is 0. The van der Waals surface area contributed by atoms with Gasteiger partial charge in [0.1, 0.15) is 0 Å². The topological polar surface area (TPSA) is 62.7 Å². The SMILES string of the molecule is CCNc1nc(Cl)nc(NC2CCC2)n1. The molecule has 0 atom stereocenters. The van der Waals surface area contributed by atoms with Crippen LogP contribution in [-0.2, 0) is 0 Å². The highest BCUT2D eigenvalue weighted by molar-refractivity contribution is 6.28. The van der Waals surface area contributed by atoms with E-state index in [0.717, 1.165) is 6.54 Å². The molecule has 0 unspecified atom stereocenters. The van der Waals surface area contributed by atoms with E-state index in [2.05, 4.69) is 25.6 Å². The van der Waals surface area contributed by atoms with E-state index in [1.54, 1.807) is 0 Å². The molecule has 0 spiro atoms. The number of aromatic nitrogens is 3. The molecule has 1 aliphatic rings. The molecule has 0 aliphatic heterocycles. The smallest absolute Gasteiger partial charge is 0.229 e. The van der Waals surface area contributed by atoms with Gasteiger partial charge in [-0.1, -0.05) is 0 Å². The van der Waals surface area contributed by atoms with Gasteiger partial charge < -0.3 is 10.6 Å². The lowest BCUT2D eigenvalue weighted by atomic mass is 9.93. The third kappa shape index (κ3) is 2.68. The molecule has 1 aliphatic carbocycles. The highest BCUT2D eigenvalue weighted by Crippen LogP contribution is 2.22. The third-order valence-corrected chi connectivity index (χ3v) is 2.55. The van der Waals surface area contributed by atoms with Crippen molar-refractivity contribution >= 4 is 23.5 Å². The number of halogens is 1. The average molecular weight is 228 g/mol. The fourth-order valence-corrected chi connectivity index (χ4v) is 1.55. The second kappa shape index (κ2) is 4.61. The first-order valence-electron chi connectivity index (χ1n) is 5.20. The fraction of sp³-hybridized carbons (Fsp3) is 0.667. The van der Waals surface area contributed by atoms with Gasteiger partial charge >= 0.3 is 0 Å². The van der Waals surface area contributed by atoms with Crippen LogP contribution in [0.15, 0.2) is 0 Å². The maximum absolute atomic E-state index is 5.79. The van der Waals surface area contributed by atoms with Crippen molar-refractivity contribution in [3.8, 4) is 0 Å². The Hall–Kier alpha value is -1.10. The number of anilines is 2. The molecule has 1 aromatic rings. The highest BCUT2D eigenvalue weighted by atomic mass is 35.5. The van der Waals surface area contributed by atoms with Crippen molar-refractivity contribution in [1.82, 2.24) is 15.0 Å². The molecular formula is C9H14ClN5. The van der Waals surface area contributed by atoms with Gasteiger partial charge in [0.25, 0.3) is 0 Å². The standard InChI is InChI=1S/C9H14ClN5/c1-2-11-8-13-7(10)14-9(15-8)12-6-4-3-5-6/h6H,2-5H2,1H3,(H2,11,12,13,14,15). The molecule has 1 fully saturated rings. The minimum absolute atomic E-state index is 0.225. The van der Waals surface area contributed by atoms with Crippen LogP contribution < -0.4 is 10.6 Å². The van der Waals surface area contributed by atoms with Crippen molar-refractivity contribution in [2.45, 2.75) is 32.2 Å². The van der Waals surface area contributed by atoms with Crippen LogP contribution in [0.3, 0.4) is 0 Å². The van der Waals surface area contributed by atoms with E-state index in [4.69, 9.17) is 11.6 Å². The largest absolute Gasteiger partial charge is 0.354 e. The second-order valence-corrected chi connectivity index (χ2v) is 3.89. The number of nitrogens with zero attached hydrogens (tertiary/aromatic N) is 3. The van der Waals surface area contributed by atoms with Crippen LogP contribution >= 0.6 is 11.6 Å². The summed E-state index contributed by atoms with van der Waals surface area (Å²) in [7, 11) is 0. The van der Waals surface area contributed by atoms with Crippen molar-refractivity contribution in [3.05, 3.63) is 5.28 Å². The summed E-state index contributed by atoms with van der Waals surface area (Å²) in [6, 6.07) is 0.498. The van der Waals surface area contributed by atoms with Gasteiger partial charge in [-0.2, -0.15) is 15.0 Å². The molecule has 15 heavy (non-hydrogen) atoms. The molecule has 2 rings (SSSR count). The lowest BCUT2D eigenvalue weighted by Crippen LogP contribution is -2.28. The van der Waals surface area contributed by atoms with E-state index < -0.39 is 0 Å². The van der Waals surface area contributed by atoms with Gasteiger partial charge in [0.05, 0.1) is 0 Å². The Morgan fingerprint density at radius 2 is 2.00 bits per heavy atom. The van der Waals surface area contributed by atoms with Gasteiger partial charge in [-0.15, -0.1) is 0 Å². The average Bonchev–Trinajstić information content (AvgIpc) is 2.11. The number of hydrogen-bond acceptors (Lipinski definition) is 5. The van der Waals surface area contributed by atoms with Crippen molar-refractivity contribution in [3.63, 3.8) is 0 Å². The summed E-state index contributed by atoms with van der Waals surface area (Å²) in [6.07, 6.45) is 3.64. The zero-order valence-electron chi connectivity index (χ0n) is 8.63. The molecule has 0 amide bonds. The summed E-state index contributed by atoms with van der Waals surface area (Å²) in [6.45, 7) is 2.75. The summed E-state index contributed by atoms with van der Waals surface area (Å²) in [5, 5.41) is 6.47. The van der Waals surface area contributed by atoms with Crippen LogP contribution in [0.4, 0.5) is 11.9 Å². The zero-order valence-corrected chi connectivity index (χ0v) is 9.38. The summed E-state index contributed by atoms with van der Waals surface area (Å²) in [5.74, 6) is 1.09. The fourth-order valence-electron chi connectivity index (χ4n) is 1.39. The van der Waals surface area contributed by atoms with Gasteiger partial charge in [-0.3, -0.25) is 0 Å². The Bertz CT molecular complexity index is 339.